The minimum Gasteiger partial charge on any atom is -0.454 e. The second-order valence-electron chi connectivity index (χ2n) is 7.02. The topological polar surface area (TPSA) is 69.6 Å². The van der Waals surface area contributed by atoms with Crippen LogP contribution in [0.4, 0.5) is 0 Å². The van der Waals surface area contributed by atoms with Gasteiger partial charge in [-0.2, -0.15) is 0 Å². The van der Waals surface area contributed by atoms with Crippen molar-refractivity contribution in [1.29, 1.82) is 0 Å². The number of ether oxygens (including phenoxy) is 2. The van der Waals surface area contributed by atoms with Crippen molar-refractivity contribution in [2.24, 2.45) is 0 Å². The molecule has 2 aromatic carbocycles. The zero-order valence-electron chi connectivity index (χ0n) is 14.8. The predicted molar refractivity (Wildman–Crippen MR) is 100 cm³/mol. The smallest absolute Gasteiger partial charge is 0.257 e. The first-order chi connectivity index (χ1) is 13.1. The Kier molecular flexibility index (Phi) is 3.47. The maximum Gasteiger partial charge on any atom is 0.257 e. The van der Waals surface area contributed by atoms with E-state index >= 15 is 0 Å². The number of amides is 1. The lowest BCUT2D eigenvalue weighted by molar-refractivity contribution is 0.0949. The molecule has 3 heterocycles. The van der Waals surface area contributed by atoms with Crippen LogP contribution >= 0.6 is 0 Å². The van der Waals surface area contributed by atoms with Crippen LogP contribution in [-0.2, 0) is 13.0 Å². The van der Waals surface area contributed by atoms with Gasteiger partial charge in [-0.25, -0.2) is 0 Å². The highest BCUT2D eigenvalue weighted by atomic mass is 16.7. The standard InChI is InChI=1S/C21H18N2O4/c1-12-7-14-3-2-4-15-19(14)23(12)10-16(20(15)24)21(25)22-9-13-5-6-17-18(8-13)27-11-26-17/h2-6,8,10,12H,7,9,11H2,1H3,(H,22,25). The molecule has 3 aromatic rings. The molecule has 1 atom stereocenters. The minimum absolute atomic E-state index is 0.175. The van der Waals surface area contributed by atoms with Crippen LogP contribution in [0.15, 0.2) is 47.4 Å². The number of benzene rings is 2. The van der Waals surface area contributed by atoms with E-state index in [-0.39, 0.29) is 29.7 Å². The van der Waals surface area contributed by atoms with Gasteiger partial charge in [0.25, 0.3) is 5.91 Å². The zero-order valence-corrected chi connectivity index (χ0v) is 14.8. The largest absolute Gasteiger partial charge is 0.454 e. The van der Waals surface area contributed by atoms with Crippen molar-refractivity contribution in [3.05, 3.63) is 69.5 Å². The number of hydrogen-bond acceptors (Lipinski definition) is 4. The van der Waals surface area contributed by atoms with Crippen LogP contribution in [0, 0.1) is 0 Å². The first-order valence-electron chi connectivity index (χ1n) is 8.95. The van der Waals surface area contributed by atoms with E-state index < -0.39 is 0 Å². The molecule has 27 heavy (non-hydrogen) atoms. The lowest BCUT2D eigenvalue weighted by Crippen LogP contribution is -2.29. The van der Waals surface area contributed by atoms with Gasteiger partial charge in [-0.05, 0) is 42.7 Å². The van der Waals surface area contributed by atoms with Gasteiger partial charge in [-0.3, -0.25) is 9.59 Å². The first-order valence-corrected chi connectivity index (χ1v) is 8.95. The number of para-hydroxylation sites is 1. The van der Waals surface area contributed by atoms with Crippen molar-refractivity contribution < 1.29 is 14.3 Å². The lowest BCUT2D eigenvalue weighted by atomic mass is 10.1. The summed E-state index contributed by atoms with van der Waals surface area (Å²) in [6.07, 6.45) is 2.57. The second-order valence-corrected chi connectivity index (χ2v) is 7.02. The van der Waals surface area contributed by atoms with Gasteiger partial charge in [-0.15, -0.1) is 0 Å². The quantitative estimate of drug-likeness (QED) is 0.778. The van der Waals surface area contributed by atoms with Crippen LogP contribution in [0.5, 0.6) is 11.5 Å². The molecule has 2 aliphatic rings. The van der Waals surface area contributed by atoms with Gasteiger partial charge in [0, 0.05) is 24.2 Å². The Balaban J connectivity index is 1.45. The van der Waals surface area contributed by atoms with Crippen LogP contribution in [0.1, 0.15) is 34.5 Å². The van der Waals surface area contributed by atoms with E-state index in [1.807, 2.05) is 34.9 Å². The normalized spacial score (nSPS) is 16.7. The van der Waals surface area contributed by atoms with Crippen LogP contribution in [0.3, 0.4) is 0 Å². The maximum absolute atomic E-state index is 12.9. The first kappa shape index (κ1) is 15.9. The molecule has 0 spiro atoms. The molecule has 0 radical (unpaired) electrons. The second kappa shape index (κ2) is 5.87. The van der Waals surface area contributed by atoms with Crippen molar-refractivity contribution >= 4 is 16.8 Å². The van der Waals surface area contributed by atoms with Gasteiger partial charge in [-0.1, -0.05) is 18.2 Å². The molecule has 1 aromatic heterocycles. The summed E-state index contributed by atoms with van der Waals surface area (Å²) >= 11 is 0. The molecule has 6 nitrogen and oxygen atoms in total. The predicted octanol–water partition coefficient (Wildman–Crippen LogP) is 2.78. The summed E-state index contributed by atoms with van der Waals surface area (Å²) in [6, 6.07) is 11.5. The number of pyridine rings is 1. The van der Waals surface area contributed by atoms with E-state index in [4.69, 9.17) is 9.47 Å². The number of nitrogens with one attached hydrogen (secondary N) is 1. The fourth-order valence-corrected chi connectivity index (χ4v) is 3.91. The van der Waals surface area contributed by atoms with Crippen molar-refractivity contribution in [2.75, 3.05) is 6.79 Å². The fourth-order valence-electron chi connectivity index (χ4n) is 3.91. The van der Waals surface area contributed by atoms with Gasteiger partial charge in [0.2, 0.25) is 12.2 Å². The number of aromatic nitrogens is 1. The van der Waals surface area contributed by atoms with E-state index in [1.54, 1.807) is 12.3 Å². The van der Waals surface area contributed by atoms with Crippen LogP contribution in [0.25, 0.3) is 10.9 Å². The van der Waals surface area contributed by atoms with Gasteiger partial charge < -0.3 is 19.4 Å². The summed E-state index contributed by atoms with van der Waals surface area (Å²) in [5.41, 5.74) is 2.94. The maximum atomic E-state index is 12.9. The third-order valence-electron chi connectivity index (χ3n) is 5.26. The molecule has 0 aliphatic carbocycles. The molecule has 5 rings (SSSR count). The summed E-state index contributed by atoms with van der Waals surface area (Å²) in [7, 11) is 0. The summed E-state index contributed by atoms with van der Waals surface area (Å²) in [5, 5.41) is 3.45. The van der Waals surface area contributed by atoms with Crippen LogP contribution < -0.4 is 20.2 Å². The summed E-state index contributed by atoms with van der Waals surface area (Å²) in [4.78, 5) is 25.6. The average molecular weight is 362 g/mol. The third kappa shape index (κ3) is 2.48. The molecule has 1 unspecified atom stereocenters. The van der Waals surface area contributed by atoms with E-state index in [2.05, 4.69) is 12.2 Å². The highest BCUT2D eigenvalue weighted by molar-refractivity contribution is 5.98. The molecule has 1 amide bonds. The Bertz CT molecular complexity index is 1150. The summed E-state index contributed by atoms with van der Waals surface area (Å²) in [6.45, 7) is 2.61. The zero-order chi connectivity index (χ0) is 18.5. The number of rotatable bonds is 3. The third-order valence-corrected chi connectivity index (χ3v) is 5.26. The Hall–Kier alpha value is -3.28. The molecular formula is C21H18N2O4. The average Bonchev–Trinajstić information content (AvgIpc) is 3.26. The van der Waals surface area contributed by atoms with Crippen molar-refractivity contribution in [1.82, 2.24) is 9.88 Å². The van der Waals surface area contributed by atoms with E-state index in [9.17, 15) is 9.59 Å². The molecule has 1 N–H and O–H groups in total. The van der Waals surface area contributed by atoms with Crippen LogP contribution in [0.2, 0.25) is 0 Å². The molecule has 136 valence electrons. The Morgan fingerprint density at radius 1 is 1.22 bits per heavy atom. The van der Waals surface area contributed by atoms with E-state index in [0.717, 1.165) is 23.1 Å². The summed E-state index contributed by atoms with van der Waals surface area (Å²) < 4.78 is 12.7. The van der Waals surface area contributed by atoms with Gasteiger partial charge >= 0.3 is 0 Å². The Morgan fingerprint density at radius 3 is 2.96 bits per heavy atom. The number of fused-ring (bicyclic) bond motifs is 1. The number of carbonyl (C=O) groups excluding carboxylic acids is 1. The van der Waals surface area contributed by atoms with Crippen LogP contribution in [-0.4, -0.2) is 17.3 Å². The lowest BCUT2D eigenvalue weighted by Gasteiger charge is -2.13. The highest BCUT2D eigenvalue weighted by Gasteiger charge is 2.24. The molecule has 2 aliphatic heterocycles. The number of carbonyl (C=O) groups is 1. The van der Waals surface area contributed by atoms with E-state index in [0.29, 0.717) is 23.4 Å². The van der Waals surface area contributed by atoms with Crippen molar-refractivity contribution in [3.63, 3.8) is 0 Å². The van der Waals surface area contributed by atoms with Crippen molar-refractivity contribution in [3.8, 4) is 11.5 Å². The SMILES string of the molecule is CC1Cc2cccc3c(=O)c(C(=O)NCc4ccc5c(c4)OCO5)cn1c23. The van der Waals surface area contributed by atoms with E-state index in [1.165, 1.54) is 0 Å². The monoisotopic (exact) mass is 362 g/mol. The molecule has 0 saturated heterocycles. The molecular weight excluding hydrogens is 344 g/mol. The summed E-state index contributed by atoms with van der Waals surface area (Å²) in [5.74, 6) is 1.00. The van der Waals surface area contributed by atoms with Gasteiger partial charge in [0.05, 0.1) is 5.52 Å². The molecule has 6 heteroatoms. The molecule has 0 fully saturated rings. The van der Waals surface area contributed by atoms with Gasteiger partial charge in [0.1, 0.15) is 5.56 Å². The minimum atomic E-state index is -0.368. The van der Waals surface area contributed by atoms with Crippen molar-refractivity contribution in [2.45, 2.75) is 25.9 Å². The van der Waals surface area contributed by atoms with Gasteiger partial charge in [0.15, 0.2) is 11.5 Å². The highest BCUT2D eigenvalue weighted by Crippen LogP contribution is 2.33. The Labute approximate surface area is 155 Å². The number of nitrogens with zero attached hydrogens (tertiary/aromatic N) is 1. The fraction of sp³-hybridized carbons (Fsp3) is 0.238. The molecule has 0 bridgehead atoms. The Morgan fingerprint density at radius 2 is 2.07 bits per heavy atom. The molecule has 0 saturated carbocycles. The number of hydrogen-bond donors (Lipinski definition) is 1.